The Hall–Kier alpha value is -0.120. The summed E-state index contributed by atoms with van der Waals surface area (Å²) >= 11 is 0. The molecule has 0 aromatic carbocycles. The first-order valence-corrected chi connectivity index (χ1v) is 4.70. The van der Waals surface area contributed by atoms with Gasteiger partial charge >= 0.3 is 0 Å². The minimum atomic E-state index is 1.00. The molecule has 74 valence electrons. The third kappa shape index (κ3) is 7.98. The van der Waals surface area contributed by atoms with Gasteiger partial charge in [-0.15, -0.1) is 0 Å². The van der Waals surface area contributed by atoms with E-state index in [0.29, 0.717) is 0 Å². The highest BCUT2D eigenvalue weighted by Gasteiger charge is 1.96. The molecule has 12 heavy (non-hydrogen) atoms. The summed E-state index contributed by atoms with van der Waals surface area (Å²) in [6.45, 7) is 6.54. The lowest BCUT2D eigenvalue weighted by Crippen LogP contribution is -2.32. The summed E-state index contributed by atoms with van der Waals surface area (Å²) in [6, 6.07) is 0. The van der Waals surface area contributed by atoms with Crippen molar-refractivity contribution >= 4 is 0 Å². The van der Waals surface area contributed by atoms with Gasteiger partial charge < -0.3 is 10.2 Å². The molecular weight excluding hydrogens is 150 g/mol. The third-order valence-electron chi connectivity index (χ3n) is 1.78. The van der Waals surface area contributed by atoms with Gasteiger partial charge in [0.15, 0.2) is 0 Å². The molecule has 0 amide bonds. The van der Waals surface area contributed by atoms with Crippen molar-refractivity contribution in [3.8, 4) is 0 Å². The first kappa shape index (κ1) is 11.9. The maximum Gasteiger partial charge on any atom is 0.0477 e. The fraction of sp³-hybridized carbons (Fsp3) is 1.00. The Morgan fingerprint density at radius 1 is 1.08 bits per heavy atom. The van der Waals surface area contributed by atoms with E-state index in [0.717, 1.165) is 13.2 Å². The van der Waals surface area contributed by atoms with Crippen LogP contribution in [0.3, 0.4) is 0 Å². The third-order valence-corrected chi connectivity index (χ3v) is 1.78. The van der Waals surface area contributed by atoms with Crippen LogP contribution in [0, 0.1) is 0 Å². The molecular formula is C9H23N3. The van der Waals surface area contributed by atoms with Crippen LogP contribution in [0.25, 0.3) is 0 Å². The quantitative estimate of drug-likeness (QED) is 0.564. The van der Waals surface area contributed by atoms with E-state index in [4.69, 9.17) is 0 Å². The van der Waals surface area contributed by atoms with Crippen molar-refractivity contribution in [3.05, 3.63) is 0 Å². The van der Waals surface area contributed by atoms with E-state index < -0.39 is 0 Å². The van der Waals surface area contributed by atoms with Gasteiger partial charge in [-0.3, -0.25) is 4.90 Å². The molecule has 0 fully saturated rings. The van der Waals surface area contributed by atoms with Crippen molar-refractivity contribution in [3.63, 3.8) is 0 Å². The van der Waals surface area contributed by atoms with Crippen molar-refractivity contribution in [2.24, 2.45) is 0 Å². The van der Waals surface area contributed by atoms with Gasteiger partial charge in [0.25, 0.3) is 0 Å². The molecule has 0 aliphatic carbocycles. The first-order valence-electron chi connectivity index (χ1n) is 4.70. The van der Waals surface area contributed by atoms with Crippen LogP contribution < -0.4 is 5.32 Å². The molecule has 0 saturated carbocycles. The maximum absolute atomic E-state index is 3.30. The van der Waals surface area contributed by atoms with Crippen molar-refractivity contribution in [2.45, 2.75) is 13.3 Å². The predicted molar refractivity (Wildman–Crippen MR) is 54.3 cm³/mol. The molecule has 0 radical (unpaired) electrons. The predicted octanol–water partition coefficient (Wildman–Crippen LogP) is 0.437. The van der Waals surface area contributed by atoms with Gasteiger partial charge in [0.1, 0.15) is 0 Å². The molecule has 3 nitrogen and oxygen atoms in total. The topological polar surface area (TPSA) is 18.5 Å². The second-order valence-electron chi connectivity index (χ2n) is 3.50. The highest BCUT2D eigenvalue weighted by molar-refractivity contribution is 4.51. The van der Waals surface area contributed by atoms with Crippen LogP contribution >= 0.6 is 0 Å². The zero-order valence-corrected chi connectivity index (χ0v) is 8.93. The van der Waals surface area contributed by atoms with E-state index in [9.17, 15) is 0 Å². The lowest BCUT2D eigenvalue weighted by molar-refractivity contribution is 0.284. The Kier molecular flexibility index (Phi) is 7.45. The van der Waals surface area contributed by atoms with E-state index in [1.54, 1.807) is 0 Å². The number of rotatable bonds is 7. The highest BCUT2D eigenvalue weighted by atomic mass is 15.2. The van der Waals surface area contributed by atoms with Crippen LogP contribution in [0.1, 0.15) is 13.3 Å². The Morgan fingerprint density at radius 3 is 2.25 bits per heavy atom. The Balaban J connectivity index is 3.13. The second-order valence-corrected chi connectivity index (χ2v) is 3.50. The number of hydrogen-bond acceptors (Lipinski definition) is 3. The smallest absolute Gasteiger partial charge is 0.0477 e. The van der Waals surface area contributed by atoms with Crippen molar-refractivity contribution < 1.29 is 0 Å². The number of nitrogens with zero attached hydrogens (tertiary/aromatic N) is 2. The summed E-state index contributed by atoms with van der Waals surface area (Å²) in [7, 11) is 6.38. The van der Waals surface area contributed by atoms with Gasteiger partial charge in [0, 0.05) is 13.2 Å². The Morgan fingerprint density at radius 2 is 1.75 bits per heavy atom. The summed E-state index contributed by atoms with van der Waals surface area (Å²) in [5.74, 6) is 0. The molecule has 0 rings (SSSR count). The average Bonchev–Trinajstić information content (AvgIpc) is 2.00. The lowest BCUT2D eigenvalue weighted by Gasteiger charge is -2.17. The zero-order chi connectivity index (χ0) is 9.40. The monoisotopic (exact) mass is 173 g/mol. The normalized spacial score (nSPS) is 11.5. The van der Waals surface area contributed by atoms with Crippen molar-refractivity contribution in [1.29, 1.82) is 0 Å². The van der Waals surface area contributed by atoms with Crippen LogP contribution in [0.15, 0.2) is 0 Å². The molecule has 3 heteroatoms. The maximum atomic E-state index is 3.30. The van der Waals surface area contributed by atoms with Crippen molar-refractivity contribution in [1.82, 2.24) is 15.1 Å². The number of hydrogen-bond donors (Lipinski definition) is 1. The van der Waals surface area contributed by atoms with E-state index in [2.05, 4.69) is 43.2 Å². The molecule has 0 saturated heterocycles. The minimum Gasteiger partial charge on any atom is -0.309 e. The van der Waals surface area contributed by atoms with E-state index in [-0.39, 0.29) is 0 Å². The van der Waals surface area contributed by atoms with Gasteiger partial charge in [-0.05, 0) is 40.7 Å². The van der Waals surface area contributed by atoms with Crippen LogP contribution in [-0.4, -0.2) is 57.2 Å². The molecule has 0 bridgehead atoms. The molecule has 0 aliphatic heterocycles. The second kappa shape index (κ2) is 7.53. The van der Waals surface area contributed by atoms with Gasteiger partial charge in [0.05, 0.1) is 0 Å². The molecule has 0 aromatic heterocycles. The Bertz CT molecular complexity index is 93.8. The summed E-state index contributed by atoms with van der Waals surface area (Å²) in [4.78, 5) is 4.54. The lowest BCUT2D eigenvalue weighted by atomic mass is 10.4. The molecule has 0 aliphatic rings. The summed E-state index contributed by atoms with van der Waals surface area (Å²) < 4.78 is 0. The fourth-order valence-electron chi connectivity index (χ4n) is 1.04. The van der Waals surface area contributed by atoms with Crippen LogP contribution in [-0.2, 0) is 0 Å². The van der Waals surface area contributed by atoms with E-state index in [1.807, 2.05) is 0 Å². The van der Waals surface area contributed by atoms with Gasteiger partial charge in [-0.25, -0.2) is 0 Å². The molecule has 0 heterocycles. The zero-order valence-electron chi connectivity index (χ0n) is 8.93. The summed E-state index contributed by atoms with van der Waals surface area (Å²) in [6.07, 6.45) is 1.24. The van der Waals surface area contributed by atoms with Gasteiger partial charge in [-0.1, -0.05) is 6.92 Å². The summed E-state index contributed by atoms with van der Waals surface area (Å²) in [5, 5.41) is 3.30. The SMILES string of the molecule is CCNCN(C)CCCN(C)C. The van der Waals surface area contributed by atoms with E-state index >= 15 is 0 Å². The van der Waals surface area contributed by atoms with Gasteiger partial charge in [-0.2, -0.15) is 0 Å². The molecule has 0 spiro atoms. The first-order chi connectivity index (χ1) is 5.66. The van der Waals surface area contributed by atoms with Crippen molar-refractivity contribution in [2.75, 3.05) is 47.4 Å². The average molecular weight is 173 g/mol. The van der Waals surface area contributed by atoms with Gasteiger partial charge in [0.2, 0.25) is 0 Å². The fourth-order valence-corrected chi connectivity index (χ4v) is 1.04. The van der Waals surface area contributed by atoms with Crippen LogP contribution in [0.2, 0.25) is 0 Å². The molecule has 1 N–H and O–H groups in total. The van der Waals surface area contributed by atoms with Crippen LogP contribution in [0.4, 0.5) is 0 Å². The minimum absolute atomic E-state index is 1.00. The molecule has 0 atom stereocenters. The number of nitrogens with one attached hydrogen (secondary N) is 1. The van der Waals surface area contributed by atoms with Crippen LogP contribution in [0.5, 0.6) is 0 Å². The van der Waals surface area contributed by atoms with E-state index in [1.165, 1.54) is 19.5 Å². The summed E-state index contributed by atoms with van der Waals surface area (Å²) in [5.41, 5.74) is 0. The molecule has 0 aromatic rings. The largest absolute Gasteiger partial charge is 0.309 e. The Labute approximate surface area is 76.7 Å². The standard InChI is InChI=1S/C9H23N3/c1-5-10-9-12(4)8-6-7-11(2)3/h10H,5-9H2,1-4H3. The highest BCUT2D eigenvalue weighted by Crippen LogP contribution is 1.87. The molecule has 0 unspecified atom stereocenters.